The van der Waals surface area contributed by atoms with Gasteiger partial charge < -0.3 is 20.1 Å². The van der Waals surface area contributed by atoms with Crippen LogP contribution in [0.1, 0.15) is 23.8 Å². The van der Waals surface area contributed by atoms with Gasteiger partial charge in [-0.1, -0.05) is 0 Å². The number of pyridine rings is 2. The first-order valence-electron chi connectivity index (χ1n) is 9.95. The smallest absolute Gasteiger partial charge is 0.366 e. The summed E-state index contributed by atoms with van der Waals surface area (Å²) < 4.78 is 39.8. The van der Waals surface area contributed by atoms with E-state index in [0.29, 0.717) is 25.2 Å². The Morgan fingerprint density at radius 1 is 1.25 bits per heavy atom. The second-order valence-electron chi connectivity index (χ2n) is 7.80. The molecule has 0 unspecified atom stereocenters. The molecule has 4 heterocycles. The molecule has 0 saturated carbocycles. The van der Waals surface area contributed by atoms with Crippen molar-refractivity contribution in [1.29, 1.82) is 0 Å². The molecule has 3 amide bonds. The molecule has 4 rings (SSSR count). The molecule has 0 aromatic carbocycles. The molecule has 1 saturated heterocycles. The number of hydrogen-bond donors (Lipinski definition) is 2. The number of fused-ring (bicyclic) bond motifs is 4. The number of rotatable bonds is 3. The Morgan fingerprint density at radius 3 is 2.72 bits per heavy atom. The van der Waals surface area contributed by atoms with Gasteiger partial charge in [-0.15, -0.1) is 0 Å². The summed E-state index contributed by atoms with van der Waals surface area (Å²) >= 11 is 0. The lowest BCUT2D eigenvalue weighted by Gasteiger charge is -2.35. The van der Waals surface area contributed by atoms with Crippen LogP contribution in [0.25, 0.3) is 0 Å². The van der Waals surface area contributed by atoms with Crippen LogP contribution in [0.15, 0.2) is 35.3 Å². The van der Waals surface area contributed by atoms with Gasteiger partial charge in [0.05, 0.1) is 11.7 Å². The van der Waals surface area contributed by atoms with Gasteiger partial charge >= 0.3 is 12.2 Å². The molecule has 2 aromatic rings. The Labute approximate surface area is 180 Å². The lowest BCUT2D eigenvalue weighted by Crippen LogP contribution is -2.49. The van der Waals surface area contributed by atoms with E-state index in [2.05, 4.69) is 10.3 Å². The van der Waals surface area contributed by atoms with Crippen LogP contribution in [0.4, 0.5) is 35.2 Å². The van der Waals surface area contributed by atoms with E-state index in [0.717, 1.165) is 6.92 Å². The first kappa shape index (κ1) is 21.7. The third kappa shape index (κ3) is 3.87. The highest BCUT2D eigenvalue weighted by Gasteiger charge is 2.41. The van der Waals surface area contributed by atoms with Crippen LogP contribution in [0.3, 0.4) is 0 Å². The Hall–Kier alpha value is -3.57. The van der Waals surface area contributed by atoms with Crippen molar-refractivity contribution in [3.63, 3.8) is 0 Å². The van der Waals surface area contributed by atoms with Gasteiger partial charge in [-0.05, 0) is 37.6 Å². The molecule has 2 aliphatic heterocycles. The van der Waals surface area contributed by atoms with Gasteiger partial charge in [0.15, 0.2) is 5.82 Å². The Bertz CT molecular complexity index is 1130. The van der Waals surface area contributed by atoms with Gasteiger partial charge in [0, 0.05) is 26.3 Å². The molecule has 0 aliphatic carbocycles. The average molecular weight is 450 g/mol. The number of halogens is 3. The topological polar surface area (TPSA) is 99.6 Å². The number of aryl methyl sites for hydroxylation is 1. The lowest BCUT2D eigenvalue weighted by atomic mass is 10.1. The summed E-state index contributed by atoms with van der Waals surface area (Å²) in [5.74, 6) is -0.834. The second-order valence-corrected chi connectivity index (χ2v) is 7.80. The third-order valence-electron chi connectivity index (χ3n) is 5.61. The van der Waals surface area contributed by atoms with Crippen molar-refractivity contribution < 1.29 is 22.8 Å². The largest absolute Gasteiger partial charge is 0.408 e. The molecule has 0 radical (unpaired) electrons. The molecule has 0 spiro atoms. The highest BCUT2D eigenvalue weighted by Crippen LogP contribution is 2.39. The fraction of sp³-hybridized carbons (Fsp3) is 0.400. The average Bonchev–Trinajstić information content (AvgIpc) is 3.14. The Morgan fingerprint density at radius 2 is 2.00 bits per heavy atom. The fourth-order valence-electron chi connectivity index (χ4n) is 3.82. The Balaban J connectivity index is 1.65. The van der Waals surface area contributed by atoms with Crippen molar-refractivity contribution in [2.45, 2.75) is 31.6 Å². The molecule has 2 atom stereocenters. The molecular formula is C20H21F3N6O3. The van der Waals surface area contributed by atoms with E-state index in [1.54, 1.807) is 25.4 Å². The van der Waals surface area contributed by atoms with Crippen molar-refractivity contribution in [2.75, 3.05) is 28.2 Å². The summed E-state index contributed by atoms with van der Waals surface area (Å²) in [6.45, 7) is 2.04. The van der Waals surface area contributed by atoms with E-state index in [9.17, 15) is 27.6 Å². The molecule has 170 valence electrons. The minimum absolute atomic E-state index is 0.0786. The molecule has 2 aliphatic rings. The van der Waals surface area contributed by atoms with E-state index in [1.165, 1.54) is 21.6 Å². The summed E-state index contributed by atoms with van der Waals surface area (Å²) in [6.07, 6.45) is -2.40. The quantitative estimate of drug-likeness (QED) is 0.746. The normalized spacial score (nSPS) is 18.2. The van der Waals surface area contributed by atoms with Crippen LogP contribution >= 0.6 is 0 Å². The standard InChI is InChI=1S/C20H21F3N6O3/c1-11(20(21,22)23)24-17(30)13-5-6-15-16(25-13)29(12-7-9-28(15)10-12)19(32)26-14-4-3-8-27(2)18(14)31/h3-6,8,11-12H,7,9-10H2,1-2H3,(H,24,30)(H,26,32)/t11-,12+/m1/s1. The summed E-state index contributed by atoms with van der Waals surface area (Å²) in [4.78, 5) is 45.4. The minimum Gasteiger partial charge on any atom is -0.366 e. The van der Waals surface area contributed by atoms with E-state index < -0.39 is 29.7 Å². The van der Waals surface area contributed by atoms with Crippen LogP contribution in [0, 0.1) is 0 Å². The van der Waals surface area contributed by atoms with E-state index in [1.807, 2.05) is 10.2 Å². The maximum absolute atomic E-state index is 13.1. The predicted molar refractivity (Wildman–Crippen MR) is 111 cm³/mol. The number of anilines is 3. The number of nitrogens with zero attached hydrogens (tertiary/aromatic N) is 4. The summed E-state index contributed by atoms with van der Waals surface area (Å²) in [7, 11) is 1.55. The summed E-state index contributed by atoms with van der Waals surface area (Å²) in [5, 5.41) is 4.47. The lowest BCUT2D eigenvalue weighted by molar-refractivity contribution is -0.149. The Kier molecular flexibility index (Phi) is 5.31. The van der Waals surface area contributed by atoms with Crippen LogP contribution < -0.4 is 26.0 Å². The van der Waals surface area contributed by atoms with Crippen LogP contribution in [0.5, 0.6) is 0 Å². The van der Waals surface area contributed by atoms with E-state index in [-0.39, 0.29) is 23.2 Å². The van der Waals surface area contributed by atoms with Gasteiger partial charge in [-0.25, -0.2) is 9.78 Å². The number of carbonyl (C=O) groups is 2. The summed E-state index contributed by atoms with van der Waals surface area (Å²) in [6, 6.07) is 3.08. The number of nitrogens with one attached hydrogen (secondary N) is 2. The van der Waals surface area contributed by atoms with Crippen molar-refractivity contribution in [1.82, 2.24) is 14.9 Å². The SMILES string of the molecule is C[C@@H](NC(=O)c1ccc2c(n1)N(C(=O)Nc1cccn(C)c1=O)[C@H]1CCN2C1)C(F)(F)F. The van der Waals surface area contributed by atoms with Gasteiger partial charge in [0.25, 0.3) is 11.5 Å². The van der Waals surface area contributed by atoms with Crippen LogP contribution in [0.2, 0.25) is 0 Å². The molecule has 32 heavy (non-hydrogen) atoms. The molecule has 2 aromatic heterocycles. The maximum atomic E-state index is 13.1. The highest BCUT2D eigenvalue weighted by atomic mass is 19.4. The van der Waals surface area contributed by atoms with E-state index >= 15 is 0 Å². The number of alkyl halides is 3. The third-order valence-corrected chi connectivity index (χ3v) is 5.61. The van der Waals surface area contributed by atoms with Gasteiger partial charge in [0.1, 0.15) is 17.4 Å². The number of aromatic nitrogens is 2. The summed E-state index contributed by atoms with van der Waals surface area (Å²) in [5.41, 5.74) is 0.0364. The number of carbonyl (C=O) groups excluding carboxylic acids is 2. The predicted octanol–water partition coefficient (Wildman–Crippen LogP) is 2.09. The van der Waals surface area contributed by atoms with Crippen molar-refractivity contribution >= 4 is 29.1 Å². The molecule has 1 fully saturated rings. The molecule has 2 bridgehead atoms. The zero-order valence-corrected chi connectivity index (χ0v) is 17.3. The van der Waals surface area contributed by atoms with Crippen molar-refractivity contribution in [2.24, 2.45) is 7.05 Å². The van der Waals surface area contributed by atoms with Gasteiger partial charge in [-0.3, -0.25) is 14.5 Å². The number of amides is 3. The zero-order valence-electron chi connectivity index (χ0n) is 17.3. The molecule has 12 heteroatoms. The van der Waals surface area contributed by atoms with Crippen molar-refractivity contribution in [3.05, 3.63) is 46.5 Å². The van der Waals surface area contributed by atoms with Gasteiger partial charge in [-0.2, -0.15) is 13.2 Å². The molecule has 9 nitrogen and oxygen atoms in total. The fourth-order valence-corrected chi connectivity index (χ4v) is 3.82. The monoisotopic (exact) mass is 450 g/mol. The first-order chi connectivity index (χ1) is 15.1. The maximum Gasteiger partial charge on any atom is 0.408 e. The number of urea groups is 1. The van der Waals surface area contributed by atoms with Gasteiger partial charge in [0.2, 0.25) is 0 Å². The van der Waals surface area contributed by atoms with Crippen LogP contribution in [-0.2, 0) is 7.05 Å². The minimum atomic E-state index is -4.59. The number of hydrogen-bond acceptors (Lipinski definition) is 5. The van der Waals surface area contributed by atoms with E-state index in [4.69, 9.17) is 0 Å². The van der Waals surface area contributed by atoms with Crippen molar-refractivity contribution in [3.8, 4) is 0 Å². The second kappa shape index (κ2) is 7.84. The first-order valence-corrected chi connectivity index (χ1v) is 9.95. The molecule has 2 N–H and O–H groups in total. The zero-order chi connectivity index (χ0) is 23.2. The molecular weight excluding hydrogens is 429 g/mol. The van der Waals surface area contributed by atoms with Crippen LogP contribution in [-0.4, -0.2) is 52.8 Å². The highest BCUT2D eigenvalue weighted by molar-refractivity contribution is 6.05.